The van der Waals surface area contributed by atoms with Crippen molar-refractivity contribution in [3.8, 4) is 5.75 Å². The summed E-state index contributed by atoms with van der Waals surface area (Å²) in [5, 5.41) is 10.3. The largest absolute Gasteiger partial charge is 0.483 e. The first-order chi connectivity index (χ1) is 13.2. The first-order valence-electron chi connectivity index (χ1n) is 9.28. The summed E-state index contributed by atoms with van der Waals surface area (Å²) in [4.78, 5) is 0. The molecule has 0 N–H and O–H groups in total. The van der Waals surface area contributed by atoms with Crippen molar-refractivity contribution in [3.63, 3.8) is 0 Å². The van der Waals surface area contributed by atoms with E-state index in [1.807, 2.05) is 54.9 Å². The van der Waals surface area contributed by atoms with Gasteiger partial charge in [0.1, 0.15) is 5.75 Å². The number of hydrogen-bond donors (Lipinski definition) is 0. The minimum atomic E-state index is -0.192. The molecule has 1 aromatic heterocycles. The van der Waals surface area contributed by atoms with Gasteiger partial charge in [-0.15, -0.1) is 10.2 Å². The number of aromatic nitrogens is 3. The Bertz CT molecular complexity index is 914. The van der Waals surface area contributed by atoms with Gasteiger partial charge in [-0.3, -0.25) is 0 Å². The van der Waals surface area contributed by atoms with E-state index in [4.69, 9.17) is 16.3 Å². The third-order valence-corrected chi connectivity index (χ3v) is 5.89. The highest BCUT2D eigenvalue weighted by atomic mass is 35.5. The summed E-state index contributed by atoms with van der Waals surface area (Å²) < 4.78 is 8.09. The van der Waals surface area contributed by atoms with Crippen molar-refractivity contribution in [2.24, 2.45) is 7.05 Å². The van der Waals surface area contributed by atoms with Gasteiger partial charge in [-0.2, -0.15) is 0 Å². The number of thioether (sulfide) groups is 1. The quantitative estimate of drug-likeness (QED) is 0.449. The van der Waals surface area contributed by atoms with E-state index in [0.717, 1.165) is 27.5 Å². The van der Waals surface area contributed by atoms with Crippen LogP contribution >= 0.6 is 23.4 Å². The van der Waals surface area contributed by atoms with Crippen LogP contribution in [0.3, 0.4) is 0 Å². The standard InChI is InChI=1S/C22H26ClN3OS/c1-15(27-19-12-8-17(9-13-19)22(2,3)4)20-24-25-21(26(20)5)28-14-16-6-10-18(23)11-7-16/h6-13,15H,14H2,1-5H3. The Labute approximate surface area is 176 Å². The van der Waals surface area contributed by atoms with Crippen molar-refractivity contribution >= 4 is 23.4 Å². The lowest BCUT2D eigenvalue weighted by Crippen LogP contribution is -2.12. The van der Waals surface area contributed by atoms with Crippen molar-refractivity contribution in [1.29, 1.82) is 0 Å². The van der Waals surface area contributed by atoms with Gasteiger partial charge < -0.3 is 9.30 Å². The molecule has 28 heavy (non-hydrogen) atoms. The molecule has 2 aromatic carbocycles. The molecular formula is C22H26ClN3OS. The second kappa shape index (κ2) is 8.58. The predicted molar refractivity (Wildman–Crippen MR) is 116 cm³/mol. The maximum absolute atomic E-state index is 6.09. The SMILES string of the molecule is CC(Oc1ccc(C(C)(C)C)cc1)c1nnc(SCc2ccc(Cl)cc2)n1C. The molecule has 0 aliphatic carbocycles. The molecule has 0 saturated carbocycles. The minimum Gasteiger partial charge on any atom is -0.483 e. The molecule has 0 aliphatic heterocycles. The highest BCUT2D eigenvalue weighted by Crippen LogP contribution is 2.28. The van der Waals surface area contributed by atoms with Crippen LogP contribution in [0.1, 0.15) is 50.8 Å². The van der Waals surface area contributed by atoms with Crippen LogP contribution in [0.2, 0.25) is 5.02 Å². The zero-order valence-corrected chi connectivity index (χ0v) is 18.5. The first kappa shape index (κ1) is 20.7. The summed E-state index contributed by atoms with van der Waals surface area (Å²) in [6.45, 7) is 8.60. The Morgan fingerprint density at radius 1 is 1.04 bits per heavy atom. The van der Waals surface area contributed by atoms with Crippen LogP contribution in [0.4, 0.5) is 0 Å². The maximum atomic E-state index is 6.09. The Balaban J connectivity index is 1.64. The lowest BCUT2D eigenvalue weighted by molar-refractivity contribution is 0.211. The molecule has 0 bridgehead atoms. The van der Waals surface area contributed by atoms with E-state index in [1.165, 1.54) is 11.1 Å². The van der Waals surface area contributed by atoms with E-state index in [-0.39, 0.29) is 11.5 Å². The van der Waals surface area contributed by atoms with Crippen molar-refractivity contribution in [3.05, 3.63) is 70.5 Å². The van der Waals surface area contributed by atoms with E-state index in [0.29, 0.717) is 0 Å². The van der Waals surface area contributed by atoms with Gasteiger partial charge in [-0.1, -0.05) is 68.4 Å². The van der Waals surface area contributed by atoms with E-state index < -0.39 is 0 Å². The molecule has 3 rings (SSSR count). The van der Waals surface area contributed by atoms with Crippen LogP contribution < -0.4 is 4.74 Å². The van der Waals surface area contributed by atoms with Gasteiger partial charge >= 0.3 is 0 Å². The first-order valence-corrected chi connectivity index (χ1v) is 10.6. The van der Waals surface area contributed by atoms with Crippen LogP contribution in [0, 0.1) is 0 Å². The van der Waals surface area contributed by atoms with Crippen molar-refractivity contribution in [2.75, 3.05) is 0 Å². The molecule has 0 aliphatic rings. The fourth-order valence-corrected chi connectivity index (χ4v) is 3.82. The van der Waals surface area contributed by atoms with Gasteiger partial charge in [-0.25, -0.2) is 0 Å². The topological polar surface area (TPSA) is 39.9 Å². The summed E-state index contributed by atoms with van der Waals surface area (Å²) in [5.74, 6) is 2.45. The molecule has 1 atom stereocenters. The third-order valence-electron chi connectivity index (χ3n) is 4.55. The Morgan fingerprint density at radius 2 is 1.68 bits per heavy atom. The molecule has 6 heteroatoms. The normalized spacial score (nSPS) is 12.8. The fraction of sp³-hybridized carbons (Fsp3) is 0.364. The summed E-state index contributed by atoms with van der Waals surface area (Å²) in [6, 6.07) is 16.1. The molecule has 1 heterocycles. The second-order valence-electron chi connectivity index (χ2n) is 7.85. The number of benzene rings is 2. The minimum absolute atomic E-state index is 0.129. The summed E-state index contributed by atoms with van der Waals surface area (Å²) in [5.41, 5.74) is 2.61. The lowest BCUT2D eigenvalue weighted by Gasteiger charge is -2.20. The number of rotatable bonds is 6. The van der Waals surface area contributed by atoms with Crippen LogP contribution in [0.15, 0.2) is 53.7 Å². The zero-order chi connectivity index (χ0) is 20.3. The number of hydrogen-bond acceptors (Lipinski definition) is 4. The fourth-order valence-electron chi connectivity index (χ4n) is 2.82. The van der Waals surface area contributed by atoms with Gasteiger partial charge in [-0.05, 0) is 47.7 Å². The van der Waals surface area contributed by atoms with Crippen LogP contribution in [-0.4, -0.2) is 14.8 Å². The molecule has 0 fully saturated rings. The highest BCUT2D eigenvalue weighted by Gasteiger charge is 2.18. The third kappa shape index (κ3) is 5.09. The predicted octanol–water partition coefficient (Wildman–Crippen LogP) is 6.20. The van der Waals surface area contributed by atoms with E-state index in [1.54, 1.807) is 11.8 Å². The average molecular weight is 416 g/mol. The van der Waals surface area contributed by atoms with Gasteiger partial charge in [0.15, 0.2) is 17.1 Å². The van der Waals surface area contributed by atoms with Crippen LogP contribution in [0.25, 0.3) is 0 Å². The summed E-state index contributed by atoms with van der Waals surface area (Å²) >= 11 is 7.59. The van der Waals surface area contributed by atoms with Gasteiger partial charge in [0.2, 0.25) is 0 Å². The lowest BCUT2D eigenvalue weighted by atomic mass is 9.87. The van der Waals surface area contributed by atoms with Crippen LogP contribution in [0.5, 0.6) is 5.75 Å². The molecule has 1 unspecified atom stereocenters. The smallest absolute Gasteiger partial charge is 0.191 e. The van der Waals surface area contributed by atoms with Crippen LogP contribution in [-0.2, 0) is 18.2 Å². The molecule has 0 saturated heterocycles. The Kier molecular flexibility index (Phi) is 6.36. The van der Waals surface area contributed by atoms with Crippen molar-refractivity contribution in [2.45, 2.75) is 50.1 Å². The van der Waals surface area contributed by atoms with Gasteiger partial charge in [0.05, 0.1) is 0 Å². The number of halogens is 1. The Hall–Kier alpha value is -1.98. The number of ether oxygens (including phenoxy) is 1. The highest BCUT2D eigenvalue weighted by molar-refractivity contribution is 7.98. The maximum Gasteiger partial charge on any atom is 0.191 e. The monoisotopic (exact) mass is 415 g/mol. The van der Waals surface area contributed by atoms with Crippen molar-refractivity contribution < 1.29 is 4.74 Å². The van der Waals surface area contributed by atoms with Crippen molar-refractivity contribution in [1.82, 2.24) is 14.8 Å². The molecule has 0 radical (unpaired) electrons. The molecular weight excluding hydrogens is 390 g/mol. The number of nitrogens with zero attached hydrogens (tertiary/aromatic N) is 3. The molecule has 148 valence electrons. The molecule has 3 aromatic rings. The molecule has 0 spiro atoms. The van der Waals surface area contributed by atoms with Gasteiger partial charge in [0, 0.05) is 17.8 Å². The van der Waals surface area contributed by atoms with E-state index >= 15 is 0 Å². The molecule has 4 nitrogen and oxygen atoms in total. The second-order valence-corrected chi connectivity index (χ2v) is 9.23. The summed E-state index contributed by atoms with van der Waals surface area (Å²) in [7, 11) is 1.97. The van der Waals surface area contributed by atoms with Gasteiger partial charge in [0.25, 0.3) is 0 Å². The van der Waals surface area contributed by atoms with E-state index in [2.05, 4.69) is 43.1 Å². The zero-order valence-electron chi connectivity index (χ0n) is 16.9. The average Bonchev–Trinajstić information content (AvgIpc) is 3.02. The summed E-state index contributed by atoms with van der Waals surface area (Å²) in [6.07, 6.45) is -0.192. The molecule has 0 amide bonds. The Morgan fingerprint density at radius 3 is 2.29 bits per heavy atom. The van der Waals surface area contributed by atoms with E-state index in [9.17, 15) is 0 Å².